The van der Waals surface area contributed by atoms with Crippen molar-refractivity contribution in [2.24, 2.45) is 0 Å². The number of hydrogen-bond acceptors (Lipinski definition) is 3. The molecule has 0 bridgehead atoms. The van der Waals surface area contributed by atoms with Crippen molar-refractivity contribution in [3.8, 4) is 11.8 Å². The summed E-state index contributed by atoms with van der Waals surface area (Å²) in [7, 11) is 0. The molecule has 0 saturated carbocycles. The zero-order valence-electron chi connectivity index (χ0n) is 20.6. The Morgan fingerprint density at radius 1 is 0.765 bits per heavy atom. The summed E-state index contributed by atoms with van der Waals surface area (Å²) < 4.78 is 0.936. The smallest absolute Gasteiger partial charge is 0.259 e. The van der Waals surface area contributed by atoms with E-state index < -0.39 is 11.1 Å². The molecule has 172 valence electrons. The maximum atomic E-state index is 13.0. The normalized spacial score (nSPS) is 11.9. The largest absolute Gasteiger partial charge is 0.758 e. The molecule has 0 aliphatic heterocycles. The molecular formula is C30H30N2O2. The van der Waals surface area contributed by atoms with E-state index in [4.69, 9.17) is 0 Å². The first-order chi connectivity index (χ1) is 15.9. The highest BCUT2D eigenvalue weighted by Crippen LogP contribution is 2.31. The summed E-state index contributed by atoms with van der Waals surface area (Å²) in [6.07, 6.45) is 0. The third-order valence-electron chi connectivity index (χ3n) is 5.69. The SMILES string of the molecule is CC(C)(C)N([O-])c1cc(C#Cc2c3ccccc3cc3ccccc23)cc([N+](=O)C(C)(C)C)c1. The van der Waals surface area contributed by atoms with Crippen LogP contribution in [-0.2, 0) is 0 Å². The van der Waals surface area contributed by atoms with Gasteiger partial charge >= 0.3 is 0 Å². The molecule has 0 heterocycles. The maximum absolute atomic E-state index is 13.0. The molecular weight excluding hydrogens is 420 g/mol. The Labute approximate surface area is 201 Å². The average Bonchev–Trinajstić information content (AvgIpc) is 2.79. The van der Waals surface area contributed by atoms with E-state index in [-0.39, 0.29) is 0 Å². The number of hydrogen-bond donors (Lipinski definition) is 0. The predicted molar refractivity (Wildman–Crippen MR) is 143 cm³/mol. The summed E-state index contributed by atoms with van der Waals surface area (Å²) in [6, 6.07) is 23.7. The number of benzene rings is 4. The van der Waals surface area contributed by atoms with Crippen LogP contribution in [0.2, 0.25) is 0 Å². The van der Waals surface area contributed by atoms with Crippen molar-refractivity contribution in [3.63, 3.8) is 0 Å². The molecule has 0 fully saturated rings. The van der Waals surface area contributed by atoms with E-state index in [9.17, 15) is 10.1 Å². The first-order valence-corrected chi connectivity index (χ1v) is 11.5. The van der Waals surface area contributed by atoms with Gasteiger partial charge < -0.3 is 10.3 Å². The lowest BCUT2D eigenvalue weighted by Crippen LogP contribution is -2.36. The van der Waals surface area contributed by atoms with Crippen molar-refractivity contribution in [1.29, 1.82) is 0 Å². The van der Waals surface area contributed by atoms with Gasteiger partial charge in [0.25, 0.3) is 5.69 Å². The van der Waals surface area contributed by atoms with Crippen LogP contribution in [0.1, 0.15) is 52.7 Å². The van der Waals surface area contributed by atoms with E-state index in [2.05, 4.69) is 42.2 Å². The van der Waals surface area contributed by atoms with Crippen LogP contribution in [0, 0.1) is 22.0 Å². The Balaban J connectivity index is 1.93. The summed E-state index contributed by atoms with van der Waals surface area (Å²) in [5, 5.41) is 18.3. The summed E-state index contributed by atoms with van der Waals surface area (Å²) in [5.74, 6) is 6.62. The second kappa shape index (κ2) is 8.59. The van der Waals surface area contributed by atoms with Crippen molar-refractivity contribution >= 4 is 32.9 Å². The average molecular weight is 451 g/mol. The summed E-state index contributed by atoms with van der Waals surface area (Å²) in [5.41, 5.74) is 1.10. The summed E-state index contributed by atoms with van der Waals surface area (Å²) in [4.78, 5) is 13.0. The number of nitrogens with zero attached hydrogens (tertiary/aromatic N) is 2. The van der Waals surface area contributed by atoms with Gasteiger partial charge in [-0.2, -0.15) is 0 Å². The minimum atomic E-state index is -0.648. The Morgan fingerprint density at radius 2 is 1.32 bits per heavy atom. The van der Waals surface area contributed by atoms with E-state index in [0.29, 0.717) is 16.9 Å². The molecule has 0 unspecified atom stereocenters. The molecule has 0 spiro atoms. The van der Waals surface area contributed by atoms with Gasteiger partial charge in [0, 0.05) is 64.9 Å². The molecule has 4 heteroatoms. The monoisotopic (exact) mass is 450 g/mol. The van der Waals surface area contributed by atoms with Gasteiger partial charge in [0.2, 0.25) is 5.54 Å². The van der Waals surface area contributed by atoms with Crippen LogP contribution in [0.5, 0.6) is 0 Å². The Kier molecular flexibility index (Phi) is 5.93. The van der Waals surface area contributed by atoms with Crippen molar-refractivity contribution in [2.75, 3.05) is 5.06 Å². The number of anilines is 1. The quantitative estimate of drug-likeness (QED) is 0.136. The van der Waals surface area contributed by atoms with Crippen molar-refractivity contribution in [1.82, 2.24) is 0 Å². The van der Waals surface area contributed by atoms with Crippen molar-refractivity contribution < 1.29 is 4.76 Å². The minimum Gasteiger partial charge on any atom is -0.758 e. The molecule has 4 rings (SSSR count). The van der Waals surface area contributed by atoms with Crippen LogP contribution >= 0.6 is 0 Å². The van der Waals surface area contributed by atoms with Gasteiger partial charge in [-0.05, 0) is 54.4 Å². The van der Waals surface area contributed by atoms with E-state index in [1.165, 1.54) is 0 Å². The van der Waals surface area contributed by atoms with Gasteiger partial charge in [-0.1, -0.05) is 60.4 Å². The second-order valence-corrected chi connectivity index (χ2v) is 10.6. The van der Waals surface area contributed by atoms with Crippen LogP contribution < -0.4 is 5.06 Å². The summed E-state index contributed by atoms with van der Waals surface area (Å²) in [6.45, 7) is 11.1. The molecule has 0 aliphatic rings. The standard InChI is InChI=1S/C30H30N2O2/c1-29(2,3)31(33)24-17-21(18-25(20-24)32(34)30(4,5)6)15-16-28-26-13-9-7-11-22(26)19-23-12-8-10-14-27(23)28/h7-14,17-20H,1-6H3. The number of fused-ring (bicyclic) bond motifs is 2. The van der Waals surface area contributed by atoms with Gasteiger partial charge in [-0.3, -0.25) is 0 Å². The van der Waals surface area contributed by atoms with E-state index in [0.717, 1.165) is 36.9 Å². The lowest BCUT2D eigenvalue weighted by Gasteiger charge is -2.43. The molecule has 4 aromatic carbocycles. The van der Waals surface area contributed by atoms with Crippen LogP contribution in [0.25, 0.3) is 21.5 Å². The van der Waals surface area contributed by atoms with Crippen molar-refractivity contribution in [3.05, 3.63) is 94.0 Å². The topological polar surface area (TPSA) is 46.4 Å². The lowest BCUT2D eigenvalue weighted by atomic mass is 9.97. The molecule has 0 saturated heterocycles. The van der Waals surface area contributed by atoms with Gasteiger partial charge in [-0.25, -0.2) is 0 Å². The fourth-order valence-electron chi connectivity index (χ4n) is 3.96. The Bertz CT molecular complexity index is 1410. The molecule has 34 heavy (non-hydrogen) atoms. The maximum Gasteiger partial charge on any atom is 0.259 e. The fourth-order valence-corrected chi connectivity index (χ4v) is 3.96. The predicted octanol–water partition coefficient (Wildman–Crippen LogP) is 7.70. The van der Waals surface area contributed by atoms with Crippen LogP contribution in [0.3, 0.4) is 0 Å². The third kappa shape index (κ3) is 4.66. The van der Waals surface area contributed by atoms with Crippen LogP contribution in [0.15, 0.2) is 72.8 Å². The Hall–Kier alpha value is -3.68. The first kappa shape index (κ1) is 23.5. The molecule has 4 nitrogen and oxygen atoms in total. The van der Waals surface area contributed by atoms with Gasteiger partial charge in [0.05, 0.1) is 0 Å². The molecule has 4 aromatic rings. The molecule has 0 atom stereocenters. The second-order valence-electron chi connectivity index (χ2n) is 10.6. The lowest BCUT2D eigenvalue weighted by molar-refractivity contribution is -0.540. The molecule has 0 amide bonds. The van der Waals surface area contributed by atoms with Gasteiger partial charge in [0.15, 0.2) is 0 Å². The number of nitroso groups, excluding NO2 is 1. The van der Waals surface area contributed by atoms with E-state index >= 15 is 0 Å². The van der Waals surface area contributed by atoms with Crippen molar-refractivity contribution in [2.45, 2.75) is 52.6 Å². The molecule has 0 radical (unpaired) electrons. The minimum absolute atomic E-state index is 0.419. The fraction of sp³-hybridized carbons (Fsp3) is 0.267. The highest BCUT2D eigenvalue weighted by atomic mass is 16.5. The van der Waals surface area contributed by atoms with E-state index in [1.807, 2.05) is 65.8 Å². The zero-order chi connectivity index (χ0) is 24.7. The Morgan fingerprint density at radius 3 is 1.85 bits per heavy atom. The molecule has 0 N–H and O–H groups in total. The highest BCUT2D eigenvalue weighted by Gasteiger charge is 2.32. The number of rotatable bonds is 2. The number of hydroxylamine groups is 1. The first-order valence-electron chi connectivity index (χ1n) is 11.5. The summed E-state index contributed by atoms with van der Waals surface area (Å²) >= 11 is 0. The van der Waals surface area contributed by atoms with Crippen LogP contribution in [0.4, 0.5) is 11.4 Å². The highest BCUT2D eigenvalue weighted by molar-refractivity contribution is 6.04. The van der Waals surface area contributed by atoms with Gasteiger partial charge in [-0.15, -0.1) is 0 Å². The third-order valence-corrected chi connectivity index (χ3v) is 5.69. The van der Waals surface area contributed by atoms with E-state index in [1.54, 1.807) is 18.2 Å². The molecule has 0 aliphatic carbocycles. The molecule has 0 aromatic heterocycles. The van der Waals surface area contributed by atoms with Crippen LogP contribution in [-0.4, -0.2) is 15.8 Å². The van der Waals surface area contributed by atoms with Gasteiger partial charge in [0.1, 0.15) is 0 Å². The zero-order valence-corrected chi connectivity index (χ0v) is 20.6.